The van der Waals surface area contributed by atoms with E-state index in [1.54, 1.807) is 42.5 Å². The topological polar surface area (TPSA) is 204 Å². The van der Waals surface area contributed by atoms with Gasteiger partial charge in [0, 0.05) is 13.0 Å². The number of phenolic OH excluding ortho intramolecular Hbond substituents is 1. The minimum atomic E-state index is -1.20. The molecule has 0 aliphatic carbocycles. The Labute approximate surface area is 203 Å². The summed E-state index contributed by atoms with van der Waals surface area (Å²) in [6.07, 6.45) is 0.802. The van der Waals surface area contributed by atoms with E-state index < -0.39 is 35.9 Å². The molecule has 11 nitrogen and oxygen atoms in total. The molecule has 11 heteroatoms. The van der Waals surface area contributed by atoms with Gasteiger partial charge in [0.15, 0.2) is 5.96 Å². The Morgan fingerprint density at radius 2 is 1.49 bits per heavy atom. The molecule has 0 saturated heterocycles. The largest absolute Gasteiger partial charge is 0.508 e. The maximum Gasteiger partial charge on any atom is 0.326 e. The van der Waals surface area contributed by atoms with Crippen molar-refractivity contribution in [2.75, 3.05) is 6.54 Å². The molecule has 0 bridgehead atoms. The number of hydrogen-bond acceptors (Lipinski definition) is 6. The van der Waals surface area contributed by atoms with Gasteiger partial charge in [0.2, 0.25) is 11.8 Å². The van der Waals surface area contributed by atoms with E-state index in [1.165, 1.54) is 12.1 Å². The Hall–Kier alpha value is -4.12. The van der Waals surface area contributed by atoms with Crippen LogP contribution in [0.15, 0.2) is 54.6 Å². The summed E-state index contributed by atoms with van der Waals surface area (Å²) in [6, 6.07) is 11.9. The number of amides is 2. The van der Waals surface area contributed by atoms with E-state index in [0.717, 1.165) is 11.1 Å². The highest BCUT2D eigenvalue weighted by Crippen LogP contribution is 2.11. The third-order valence-electron chi connectivity index (χ3n) is 5.24. The van der Waals surface area contributed by atoms with Crippen LogP contribution in [0.3, 0.4) is 0 Å². The van der Waals surface area contributed by atoms with Crippen LogP contribution < -0.4 is 27.4 Å². The number of nitrogens with two attached hydrogens (primary N) is 2. The van der Waals surface area contributed by atoms with Gasteiger partial charge in [-0.3, -0.25) is 15.0 Å². The molecule has 0 unspecified atom stereocenters. The number of phenols is 1. The molecule has 35 heavy (non-hydrogen) atoms. The molecule has 0 aliphatic heterocycles. The first-order valence-electron chi connectivity index (χ1n) is 11.1. The summed E-state index contributed by atoms with van der Waals surface area (Å²) < 4.78 is 0. The maximum atomic E-state index is 13.0. The first kappa shape index (κ1) is 27.1. The number of guanidine groups is 1. The van der Waals surface area contributed by atoms with Crippen molar-refractivity contribution in [2.24, 2.45) is 11.5 Å². The molecule has 0 spiro atoms. The standard InChI is InChI=1S/C24H32N6O5/c25-18(13-16-8-10-17(31)11-9-16)21(32)29-19(7-4-12-28-24(26)27)22(33)30-20(23(34)35)14-15-5-2-1-3-6-15/h1-3,5-6,8-11,18-20,31H,4,7,12-14,25H2,(H,29,32)(H,30,33)(H,34,35)(H4,26,27,28)/t18-,19-,20+/m1/s1. The number of carbonyl (C=O) groups excluding carboxylic acids is 2. The highest BCUT2D eigenvalue weighted by molar-refractivity contribution is 5.92. The van der Waals surface area contributed by atoms with Crippen molar-refractivity contribution in [3.63, 3.8) is 0 Å². The van der Waals surface area contributed by atoms with Gasteiger partial charge in [0.1, 0.15) is 17.8 Å². The lowest BCUT2D eigenvalue weighted by Crippen LogP contribution is -2.55. The first-order chi connectivity index (χ1) is 16.7. The number of hydrogen-bond donors (Lipinski definition) is 8. The average molecular weight is 485 g/mol. The van der Waals surface area contributed by atoms with Crippen LogP contribution in [0.2, 0.25) is 0 Å². The summed E-state index contributed by atoms with van der Waals surface area (Å²) in [5.41, 5.74) is 12.8. The van der Waals surface area contributed by atoms with E-state index in [2.05, 4.69) is 16.0 Å². The molecule has 0 heterocycles. The predicted molar refractivity (Wildman–Crippen MR) is 131 cm³/mol. The van der Waals surface area contributed by atoms with Crippen molar-refractivity contribution < 1.29 is 24.6 Å². The second kappa shape index (κ2) is 13.6. The number of benzene rings is 2. The number of carboxylic acids is 1. The second-order valence-corrected chi connectivity index (χ2v) is 8.11. The molecule has 2 rings (SSSR count). The van der Waals surface area contributed by atoms with E-state index in [1.807, 2.05) is 0 Å². The average Bonchev–Trinajstić information content (AvgIpc) is 2.82. The van der Waals surface area contributed by atoms with Gasteiger partial charge in [0.25, 0.3) is 0 Å². The van der Waals surface area contributed by atoms with Crippen molar-refractivity contribution in [3.8, 4) is 5.75 Å². The quantitative estimate of drug-likeness (QED) is 0.109. The van der Waals surface area contributed by atoms with Gasteiger partial charge >= 0.3 is 5.97 Å². The monoisotopic (exact) mass is 484 g/mol. The smallest absolute Gasteiger partial charge is 0.326 e. The van der Waals surface area contributed by atoms with Crippen molar-refractivity contribution in [1.29, 1.82) is 5.41 Å². The van der Waals surface area contributed by atoms with E-state index in [-0.39, 0.29) is 31.0 Å². The number of nitrogens with one attached hydrogen (secondary N) is 4. The lowest BCUT2D eigenvalue weighted by Gasteiger charge is -2.23. The molecule has 2 amide bonds. The zero-order valence-corrected chi connectivity index (χ0v) is 19.2. The molecule has 3 atom stereocenters. The van der Waals surface area contributed by atoms with Crippen LogP contribution in [-0.2, 0) is 27.2 Å². The van der Waals surface area contributed by atoms with Crippen molar-refractivity contribution in [3.05, 3.63) is 65.7 Å². The van der Waals surface area contributed by atoms with Crippen LogP contribution >= 0.6 is 0 Å². The van der Waals surface area contributed by atoms with Gasteiger partial charge in [-0.25, -0.2) is 4.79 Å². The lowest BCUT2D eigenvalue weighted by molar-refractivity contribution is -0.142. The molecule has 0 saturated carbocycles. The normalized spacial score (nSPS) is 13.2. The number of carboxylic acid groups (broad SMARTS) is 1. The fourth-order valence-corrected chi connectivity index (χ4v) is 3.38. The van der Waals surface area contributed by atoms with Crippen LogP contribution in [0.25, 0.3) is 0 Å². The predicted octanol–water partition coefficient (Wildman–Crippen LogP) is -0.178. The number of aliphatic carboxylic acids is 1. The Balaban J connectivity index is 2.06. The summed E-state index contributed by atoms with van der Waals surface area (Å²) in [6.45, 7) is 0.293. The van der Waals surface area contributed by atoms with Crippen LogP contribution in [0.5, 0.6) is 5.75 Å². The van der Waals surface area contributed by atoms with Gasteiger partial charge in [-0.1, -0.05) is 42.5 Å². The van der Waals surface area contributed by atoms with Crippen LogP contribution in [-0.4, -0.2) is 58.6 Å². The Kier molecular flexibility index (Phi) is 10.5. The molecular formula is C24H32N6O5. The SMILES string of the molecule is N=C(N)NCCC[C@@H](NC(=O)[C@H](N)Cc1ccc(O)cc1)C(=O)N[C@@H](Cc1ccccc1)C(=O)O. The van der Waals surface area contributed by atoms with Crippen molar-refractivity contribution in [2.45, 2.75) is 43.8 Å². The second-order valence-electron chi connectivity index (χ2n) is 8.11. The molecule has 2 aromatic carbocycles. The minimum absolute atomic E-state index is 0.0782. The Bertz CT molecular complexity index is 999. The van der Waals surface area contributed by atoms with Gasteiger partial charge in [0.05, 0.1) is 6.04 Å². The summed E-state index contributed by atoms with van der Waals surface area (Å²) in [7, 11) is 0. The zero-order valence-electron chi connectivity index (χ0n) is 19.2. The number of aromatic hydroxyl groups is 1. The number of carbonyl (C=O) groups is 3. The molecule has 188 valence electrons. The summed E-state index contributed by atoms with van der Waals surface area (Å²) in [5, 5.41) is 34.0. The zero-order chi connectivity index (χ0) is 25.8. The molecule has 0 aromatic heterocycles. The van der Waals surface area contributed by atoms with Crippen LogP contribution in [0.1, 0.15) is 24.0 Å². The lowest BCUT2D eigenvalue weighted by atomic mass is 10.0. The fraction of sp³-hybridized carbons (Fsp3) is 0.333. The molecule has 0 fully saturated rings. The van der Waals surface area contributed by atoms with Gasteiger partial charge in [-0.15, -0.1) is 0 Å². The van der Waals surface area contributed by atoms with E-state index in [0.29, 0.717) is 13.0 Å². The molecule has 0 aliphatic rings. The van der Waals surface area contributed by atoms with E-state index in [4.69, 9.17) is 16.9 Å². The molecule has 10 N–H and O–H groups in total. The van der Waals surface area contributed by atoms with Crippen molar-refractivity contribution in [1.82, 2.24) is 16.0 Å². The molecular weight excluding hydrogens is 452 g/mol. The minimum Gasteiger partial charge on any atom is -0.508 e. The third-order valence-corrected chi connectivity index (χ3v) is 5.24. The summed E-state index contributed by atoms with van der Waals surface area (Å²) in [5.74, 6) is -2.56. The van der Waals surface area contributed by atoms with Crippen LogP contribution in [0.4, 0.5) is 0 Å². The molecule has 2 aromatic rings. The third kappa shape index (κ3) is 9.72. The summed E-state index contributed by atoms with van der Waals surface area (Å²) >= 11 is 0. The maximum absolute atomic E-state index is 13.0. The number of rotatable bonds is 13. The Morgan fingerprint density at radius 3 is 2.09 bits per heavy atom. The highest BCUT2D eigenvalue weighted by Gasteiger charge is 2.28. The van der Waals surface area contributed by atoms with Crippen molar-refractivity contribution >= 4 is 23.7 Å². The van der Waals surface area contributed by atoms with E-state index >= 15 is 0 Å². The summed E-state index contributed by atoms with van der Waals surface area (Å²) in [4.78, 5) is 37.5. The van der Waals surface area contributed by atoms with Gasteiger partial charge < -0.3 is 37.6 Å². The first-order valence-corrected chi connectivity index (χ1v) is 11.1. The van der Waals surface area contributed by atoms with E-state index in [9.17, 15) is 24.6 Å². The van der Waals surface area contributed by atoms with Gasteiger partial charge in [-0.2, -0.15) is 0 Å². The molecule has 0 radical (unpaired) electrons. The Morgan fingerprint density at radius 1 is 0.886 bits per heavy atom. The van der Waals surface area contributed by atoms with Crippen LogP contribution in [0, 0.1) is 5.41 Å². The van der Waals surface area contributed by atoms with Gasteiger partial charge in [-0.05, 0) is 42.5 Å². The fourth-order valence-electron chi connectivity index (χ4n) is 3.38. The highest BCUT2D eigenvalue weighted by atomic mass is 16.4.